The number of carbonyl (C=O) groups excluding carboxylic acids is 2. The van der Waals surface area contributed by atoms with Gasteiger partial charge in [-0.1, -0.05) is 23.7 Å². The summed E-state index contributed by atoms with van der Waals surface area (Å²) in [6.45, 7) is 1.16. The van der Waals surface area contributed by atoms with Crippen molar-refractivity contribution in [1.82, 2.24) is 5.32 Å². The molecule has 20 heavy (non-hydrogen) atoms. The van der Waals surface area contributed by atoms with E-state index in [1.807, 2.05) is 18.2 Å². The van der Waals surface area contributed by atoms with Crippen LogP contribution in [0.4, 0.5) is 5.69 Å². The molecule has 1 heterocycles. The van der Waals surface area contributed by atoms with Crippen LogP contribution in [0.25, 0.3) is 0 Å². The molecule has 2 aliphatic rings. The minimum atomic E-state index is -0.266. The van der Waals surface area contributed by atoms with Crippen molar-refractivity contribution in [3.8, 4) is 0 Å². The fourth-order valence-corrected chi connectivity index (χ4v) is 2.74. The Labute approximate surface area is 123 Å². The van der Waals surface area contributed by atoms with Crippen molar-refractivity contribution < 1.29 is 9.59 Å². The summed E-state index contributed by atoms with van der Waals surface area (Å²) in [4.78, 5) is 25.8. The van der Waals surface area contributed by atoms with Crippen LogP contribution in [0.2, 0.25) is 5.02 Å². The minimum Gasteiger partial charge on any atom is -0.356 e. The van der Waals surface area contributed by atoms with Gasteiger partial charge in [-0.2, -0.15) is 0 Å². The standard InChI is InChI=1S/C15H17ClN2O2/c16-12-3-1-2-4-13(12)18-9-11(7-14(18)19)15(20)17-8-10-5-6-10/h1-4,10-11H,5-9H2,(H,17,20). The van der Waals surface area contributed by atoms with E-state index in [2.05, 4.69) is 5.32 Å². The summed E-state index contributed by atoms with van der Waals surface area (Å²) in [5, 5.41) is 3.48. The van der Waals surface area contributed by atoms with Crippen molar-refractivity contribution in [2.45, 2.75) is 19.3 Å². The van der Waals surface area contributed by atoms with Crippen molar-refractivity contribution in [2.24, 2.45) is 11.8 Å². The first kappa shape index (κ1) is 13.4. The Morgan fingerprint density at radius 3 is 2.80 bits per heavy atom. The molecule has 1 aliphatic carbocycles. The Kier molecular flexibility index (Phi) is 3.66. The fraction of sp³-hybridized carbons (Fsp3) is 0.467. The van der Waals surface area contributed by atoms with Crippen molar-refractivity contribution in [2.75, 3.05) is 18.0 Å². The minimum absolute atomic E-state index is 0.0141. The quantitative estimate of drug-likeness (QED) is 0.925. The fourth-order valence-electron chi connectivity index (χ4n) is 2.50. The van der Waals surface area contributed by atoms with E-state index in [0.29, 0.717) is 23.2 Å². The van der Waals surface area contributed by atoms with Gasteiger partial charge in [0.2, 0.25) is 11.8 Å². The summed E-state index contributed by atoms with van der Waals surface area (Å²) < 4.78 is 0. The smallest absolute Gasteiger partial charge is 0.227 e. The zero-order chi connectivity index (χ0) is 14.1. The summed E-state index contributed by atoms with van der Waals surface area (Å²) in [5.74, 6) is 0.331. The Morgan fingerprint density at radius 2 is 2.10 bits per heavy atom. The first-order valence-corrected chi connectivity index (χ1v) is 7.35. The second-order valence-corrected chi connectivity index (χ2v) is 5.95. The maximum absolute atomic E-state index is 12.1. The molecule has 106 valence electrons. The molecule has 1 N–H and O–H groups in total. The Balaban J connectivity index is 1.65. The molecule has 0 radical (unpaired) electrons. The highest BCUT2D eigenvalue weighted by Crippen LogP contribution is 2.31. The summed E-state index contributed by atoms with van der Waals surface area (Å²) in [6, 6.07) is 7.23. The molecule has 0 bridgehead atoms. The lowest BCUT2D eigenvalue weighted by atomic mass is 10.1. The molecule has 0 aromatic heterocycles. The summed E-state index contributed by atoms with van der Waals surface area (Å²) >= 11 is 6.11. The second-order valence-electron chi connectivity index (χ2n) is 5.55. The van der Waals surface area contributed by atoms with Crippen LogP contribution in [-0.2, 0) is 9.59 Å². The number of carbonyl (C=O) groups is 2. The van der Waals surface area contributed by atoms with Gasteiger partial charge in [0.25, 0.3) is 0 Å². The van der Waals surface area contributed by atoms with Gasteiger partial charge in [0.05, 0.1) is 16.6 Å². The summed E-state index contributed by atoms with van der Waals surface area (Å²) in [5.41, 5.74) is 0.691. The van der Waals surface area contributed by atoms with E-state index in [0.717, 1.165) is 6.54 Å². The van der Waals surface area contributed by atoms with Crippen LogP contribution >= 0.6 is 11.6 Å². The van der Waals surface area contributed by atoms with Crippen LogP contribution in [-0.4, -0.2) is 24.9 Å². The highest BCUT2D eigenvalue weighted by Gasteiger charge is 2.36. The molecule has 1 saturated heterocycles. The van der Waals surface area contributed by atoms with Crippen molar-refractivity contribution >= 4 is 29.1 Å². The molecule has 1 unspecified atom stereocenters. The van der Waals surface area contributed by atoms with Gasteiger partial charge in [0.15, 0.2) is 0 Å². The largest absolute Gasteiger partial charge is 0.356 e. The number of nitrogens with one attached hydrogen (secondary N) is 1. The van der Waals surface area contributed by atoms with Crippen LogP contribution in [0.1, 0.15) is 19.3 Å². The lowest BCUT2D eigenvalue weighted by Crippen LogP contribution is -2.34. The number of rotatable bonds is 4. The van der Waals surface area contributed by atoms with Gasteiger partial charge in [0, 0.05) is 19.5 Å². The molecule has 4 nitrogen and oxygen atoms in total. The molecule has 0 spiro atoms. The number of benzene rings is 1. The number of hydrogen-bond acceptors (Lipinski definition) is 2. The van der Waals surface area contributed by atoms with E-state index >= 15 is 0 Å². The average Bonchev–Trinajstić information content (AvgIpc) is 3.19. The van der Waals surface area contributed by atoms with E-state index in [4.69, 9.17) is 11.6 Å². The Hall–Kier alpha value is -1.55. The van der Waals surface area contributed by atoms with Gasteiger partial charge in [0.1, 0.15) is 0 Å². The zero-order valence-corrected chi connectivity index (χ0v) is 11.9. The molecule has 2 amide bonds. The van der Waals surface area contributed by atoms with E-state index in [1.54, 1.807) is 11.0 Å². The average molecular weight is 293 g/mol. The van der Waals surface area contributed by atoms with Crippen molar-refractivity contribution in [3.63, 3.8) is 0 Å². The molecule has 1 aromatic rings. The highest BCUT2D eigenvalue weighted by atomic mass is 35.5. The lowest BCUT2D eigenvalue weighted by Gasteiger charge is -2.18. The predicted molar refractivity (Wildman–Crippen MR) is 77.6 cm³/mol. The monoisotopic (exact) mass is 292 g/mol. The maximum Gasteiger partial charge on any atom is 0.227 e. The number of anilines is 1. The first-order valence-electron chi connectivity index (χ1n) is 6.98. The van der Waals surface area contributed by atoms with Crippen molar-refractivity contribution in [1.29, 1.82) is 0 Å². The molecule has 1 saturated carbocycles. The molecule has 1 atom stereocenters. The molecule has 3 rings (SSSR count). The van der Waals surface area contributed by atoms with E-state index < -0.39 is 0 Å². The van der Waals surface area contributed by atoms with Crippen LogP contribution in [0.3, 0.4) is 0 Å². The predicted octanol–water partition coefficient (Wildman–Crippen LogP) is 2.22. The van der Waals surface area contributed by atoms with Crippen LogP contribution in [0, 0.1) is 11.8 Å². The van der Waals surface area contributed by atoms with Crippen molar-refractivity contribution in [3.05, 3.63) is 29.3 Å². The van der Waals surface area contributed by atoms with E-state index in [1.165, 1.54) is 12.8 Å². The van der Waals surface area contributed by atoms with Gasteiger partial charge in [-0.3, -0.25) is 9.59 Å². The molecular formula is C15H17ClN2O2. The molecule has 2 fully saturated rings. The third-order valence-corrected chi connectivity index (χ3v) is 4.22. The number of para-hydroxylation sites is 1. The summed E-state index contributed by atoms with van der Waals surface area (Å²) in [6.07, 6.45) is 2.67. The molecule has 1 aromatic carbocycles. The third kappa shape index (κ3) is 2.80. The number of nitrogens with zero attached hydrogens (tertiary/aromatic N) is 1. The first-order chi connectivity index (χ1) is 9.65. The SMILES string of the molecule is O=C(NCC1CC1)C1CC(=O)N(c2ccccc2Cl)C1. The third-order valence-electron chi connectivity index (χ3n) is 3.90. The molecule has 1 aliphatic heterocycles. The number of halogens is 1. The number of hydrogen-bond donors (Lipinski definition) is 1. The van der Waals surface area contributed by atoms with Gasteiger partial charge in [-0.05, 0) is 30.9 Å². The van der Waals surface area contributed by atoms with Crippen LogP contribution < -0.4 is 10.2 Å². The van der Waals surface area contributed by atoms with Gasteiger partial charge in [-0.15, -0.1) is 0 Å². The van der Waals surface area contributed by atoms with Gasteiger partial charge < -0.3 is 10.2 Å². The van der Waals surface area contributed by atoms with Gasteiger partial charge in [-0.25, -0.2) is 0 Å². The van der Waals surface area contributed by atoms with Gasteiger partial charge >= 0.3 is 0 Å². The van der Waals surface area contributed by atoms with E-state index in [9.17, 15) is 9.59 Å². The topological polar surface area (TPSA) is 49.4 Å². The second kappa shape index (κ2) is 5.44. The number of amides is 2. The Morgan fingerprint density at radius 1 is 1.35 bits per heavy atom. The van der Waals surface area contributed by atoms with E-state index in [-0.39, 0.29) is 24.2 Å². The molecule has 5 heteroatoms. The van der Waals surface area contributed by atoms with Crippen LogP contribution in [0.5, 0.6) is 0 Å². The van der Waals surface area contributed by atoms with Crippen LogP contribution in [0.15, 0.2) is 24.3 Å². The Bertz CT molecular complexity index is 542. The lowest BCUT2D eigenvalue weighted by molar-refractivity contribution is -0.126. The summed E-state index contributed by atoms with van der Waals surface area (Å²) in [7, 11) is 0. The molecular weight excluding hydrogens is 276 g/mol. The zero-order valence-electron chi connectivity index (χ0n) is 11.1. The maximum atomic E-state index is 12.1. The highest BCUT2D eigenvalue weighted by molar-refractivity contribution is 6.33. The normalized spacial score (nSPS) is 22.1.